The van der Waals surface area contributed by atoms with Crippen LogP contribution in [0.15, 0.2) is 41.6 Å². The summed E-state index contributed by atoms with van der Waals surface area (Å²) >= 11 is 1.63. The van der Waals surface area contributed by atoms with Crippen molar-refractivity contribution in [2.24, 2.45) is 0 Å². The fourth-order valence-corrected chi connectivity index (χ4v) is 3.10. The van der Waals surface area contributed by atoms with E-state index in [0.717, 1.165) is 36.0 Å². The molecule has 1 aliphatic rings. The molecule has 2 heterocycles. The number of thioether (sulfide) groups is 1. The molecule has 0 spiro atoms. The number of hydrogen-bond donors (Lipinski definition) is 1. The van der Waals surface area contributed by atoms with Gasteiger partial charge in [-0.25, -0.2) is 9.78 Å². The maximum absolute atomic E-state index is 10.7. The van der Waals surface area contributed by atoms with E-state index in [-0.39, 0.29) is 5.56 Å². The molecule has 0 atom stereocenters. The van der Waals surface area contributed by atoms with Crippen LogP contribution < -0.4 is 4.74 Å². The molecule has 4 nitrogen and oxygen atoms in total. The standard InChI is InChI=1S/C16H15NO3S/c18-16(19)13-2-4-15(17-10-13)21-8-6-11-1-3-14-12(9-11)5-7-20-14/h1-4,9-10H,5-8H2,(H,18,19). The van der Waals surface area contributed by atoms with Crippen LogP contribution in [-0.2, 0) is 12.8 Å². The summed E-state index contributed by atoms with van der Waals surface area (Å²) in [5.74, 6) is 0.982. The van der Waals surface area contributed by atoms with Crippen molar-refractivity contribution in [2.75, 3.05) is 12.4 Å². The molecule has 5 heteroatoms. The molecular weight excluding hydrogens is 286 g/mol. The number of hydrogen-bond acceptors (Lipinski definition) is 4. The summed E-state index contributed by atoms with van der Waals surface area (Å²) in [6.45, 7) is 0.785. The first kappa shape index (κ1) is 13.9. The van der Waals surface area contributed by atoms with Gasteiger partial charge >= 0.3 is 5.97 Å². The second-order valence-corrected chi connectivity index (χ2v) is 5.94. The number of aromatic carboxylic acids is 1. The third-order valence-electron chi connectivity index (χ3n) is 3.38. The Labute approximate surface area is 127 Å². The highest BCUT2D eigenvalue weighted by molar-refractivity contribution is 7.99. The molecule has 0 fully saturated rings. The van der Waals surface area contributed by atoms with Gasteiger partial charge in [-0.2, -0.15) is 0 Å². The molecule has 1 aromatic carbocycles. The average molecular weight is 301 g/mol. The molecule has 0 bridgehead atoms. The predicted octanol–water partition coefficient (Wildman–Crippen LogP) is 3.05. The quantitative estimate of drug-likeness (QED) is 0.860. The fraction of sp³-hybridized carbons (Fsp3) is 0.250. The molecule has 0 aliphatic carbocycles. The molecule has 108 valence electrons. The van der Waals surface area contributed by atoms with Crippen molar-refractivity contribution in [1.82, 2.24) is 4.98 Å². The van der Waals surface area contributed by atoms with Crippen LogP contribution in [0.4, 0.5) is 0 Å². The van der Waals surface area contributed by atoms with Crippen molar-refractivity contribution >= 4 is 17.7 Å². The van der Waals surface area contributed by atoms with Crippen molar-refractivity contribution in [2.45, 2.75) is 17.9 Å². The Bertz CT molecular complexity index is 655. The SMILES string of the molecule is O=C(O)c1ccc(SCCc2ccc3c(c2)CCO3)nc1. The van der Waals surface area contributed by atoms with Crippen LogP contribution in [0.3, 0.4) is 0 Å². The number of fused-ring (bicyclic) bond motifs is 1. The van der Waals surface area contributed by atoms with E-state index in [0.29, 0.717) is 0 Å². The lowest BCUT2D eigenvalue weighted by Gasteiger charge is -2.04. The van der Waals surface area contributed by atoms with E-state index in [4.69, 9.17) is 9.84 Å². The smallest absolute Gasteiger partial charge is 0.337 e. The van der Waals surface area contributed by atoms with Gasteiger partial charge in [0, 0.05) is 18.4 Å². The van der Waals surface area contributed by atoms with Crippen LogP contribution in [-0.4, -0.2) is 28.4 Å². The van der Waals surface area contributed by atoms with Crippen LogP contribution in [0.5, 0.6) is 5.75 Å². The van der Waals surface area contributed by atoms with Crippen LogP contribution in [0, 0.1) is 0 Å². The minimum Gasteiger partial charge on any atom is -0.493 e. The Kier molecular flexibility index (Phi) is 4.10. The summed E-state index contributed by atoms with van der Waals surface area (Å²) in [6, 6.07) is 9.70. The summed E-state index contributed by atoms with van der Waals surface area (Å²) < 4.78 is 5.49. The molecule has 1 aromatic heterocycles. The zero-order chi connectivity index (χ0) is 14.7. The number of aryl methyl sites for hydroxylation is 1. The van der Waals surface area contributed by atoms with Crippen molar-refractivity contribution in [1.29, 1.82) is 0 Å². The lowest BCUT2D eigenvalue weighted by atomic mass is 10.1. The highest BCUT2D eigenvalue weighted by Gasteiger charge is 2.11. The highest BCUT2D eigenvalue weighted by Crippen LogP contribution is 2.26. The molecule has 0 saturated heterocycles. The molecule has 2 aromatic rings. The third-order valence-corrected chi connectivity index (χ3v) is 4.32. The second-order valence-electron chi connectivity index (χ2n) is 4.83. The van der Waals surface area contributed by atoms with Gasteiger partial charge in [-0.05, 0) is 35.7 Å². The molecule has 21 heavy (non-hydrogen) atoms. The molecule has 1 N–H and O–H groups in total. The Balaban J connectivity index is 1.55. The first-order valence-electron chi connectivity index (χ1n) is 6.79. The first-order chi connectivity index (χ1) is 10.2. The largest absolute Gasteiger partial charge is 0.493 e. The average Bonchev–Trinajstić information content (AvgIpc) is 2.95. The Morgan fingerprint density at radius 1 is 1.33 bits per heavy atom. The molecule has 0 unspecified atom stereocenters. The zero-order valence-electron chi connectivity index (χ0n) is 11.4. The number of ether oxygens (including phenoxy) is 1. The number of aromatic nitrogens is 1. The van der Waals surface area contributed by atoms with Crippen LogP contribution in [0.1, 0.15) is 21.5 Å². The van der Waals surface area contributed by atoms with Crippen LogP contribution in [0.2, 0.25) is 0 Å². The Morgan fingerprint density at radius 2 is 2.24 bits per heavy atom. The van der Waals surface area contributed by atoms with E-state index in [2.05, 4.69) is 17.1 Å². The molecule has 0 amide bonds. The number of carbonyl (C=O) groups is 1. The van der Waals surface area contributed by atoms with Gasteiger partial charge in [-0.1, -0.05) is 12.1 Å². The van der Waals surface area contributed by atoms with Gasteiger partial charge in [0.25, 0.3) is 0 Å². The van der Waals surface area contributed by atoms with E-state index < -0.39 is 5.97 Å². The fourth-order valence-electron chi connectivity index (χ4n) is 2.26. The predicted molar refractivity (Wildman–Crippen MR) is 81.3 cm³/mol. The van der Waals surface area contributed by atoms with Crippen molar-refractivity contribution in [3.63, 3.8) is 0 Å². The number of carboxylic acid groups (broad SMARTS) is 1. The number of carboxylic acids is 1. The van der Waals surface area contributed by atoms with Crippen LogP contribution >= 0.6 is 11.8 Å². The molecule has 0 saturated carbocycles. The summed E-state index contributed by atoms with van der Waals surface area (Å²) in [5.41, 5.74) is 2.81. The van der Waals surface area contributed by atoms with Gasteiger partial charge in [0.05, 0.1) is 17.2 Å². The van der Waals surface area contributed by atoms with Gasteiger partial charge < -0.3 is 9.84 Å². The van der Waals surface area contributed by atoms with E-state index in [1.807, 2.05) is 6.07 Å². The summed E-state index contributed by atoms with van der Waals surface area (Å²) in [5, 5.41) is 9.67. The van der Waals surface area contributed by atoms with E-state index in [9.17, 15) is 4.79 Å². The lowest BCUT2D eigenvalue weighted by molar-refractivity contribution is 0.0696. The third kappa shape index (κ3) is 3.36. The number of rotatable bonds is 5. The van der Waals surface area contributed by atoms with Gasteiger partial charge in [0.1, 0.15) is 5.75 Å². The maximum Gasteiger partial charge on any atom is 0.337 e. The topological polar surface area (TPSA) is 59.4 Å². The number of pyridine rings is 1. The van der Waals surface area contributed by atoms with Gasteiger partial charge in [0.2, 0.25) is 0 Å². The van der Waals surface area contributed by atoms with Crippen LogP contribution in [0.25, 0.3) is 0 Å². The van der Waals surface area contributed by atoms with E-state index in [1.54, 1.807) is 23.9 Å². The molecular formula is C16H15NO3S. The van der Waals surface area contributed by atoms with E-state index in [1.165, 1.54) is 17.3 Å². The Morgan fingerprint density at radius 3 is 3.00 bits per heavy atom. The van der Waals surface area contributed by atoms with Crippen molar-refractivity contribution in [3.8, 4) is 5.75 Å². The minimum atomic E-state index is -0.945. The second kappa shape index (κ2) is 6.18. The van der Waals surface area contributed by atoms with Gasteiger partial charge in [-0.3, -0.25) is 0 Å². The monoisotopic (exact) mass is 301 g/mol. The highest BCUT2D eigenvalue weighted by atomic mass is 32.2. The summed E-state index contributed by atoms with van der Waals surface area (Å²) in [7, 11) is 0. The number of benzene rings is 1. The number of nitrogens with zero attached hydrogens (tertiary/aromatic N) is 1. The summed E-state index contributed by atoms with van der Waals surface area (Å²) in [6.07, 6.45) is 3.35. The molecule has 1 aliphatic heterocycles. The Hall–Kier alpha value is -2.01. The molecule has 3 rings (SSSR count). The molecule has 0 radical (unpaired) electrons. The summed E-state index contributed by atoms with van der Waals surface area (Å²) in [4.78, 5) is 14.9. The maximum atomic E-state index is 10.7. The minimum absolute atomic E-state index is 0.220. The normalized spacial score (nSPS) is 12.8. The zero-order valence-corrected chi connectivity index (χ0v) is 12.2. The lowest BCUT2D eigenvalue weighted by Crippen LogP contribution is -1.97. The van der Waals surface area contributed by atoms with Gasteiger partial charge in [-0.15, -0.1) is 11.8 Å². The van der Waals surface area contributed by atoms with Crippen molar-refractivity contribution < 1.29 is 14.6 Å². The van der Waals surface area contributed by atoms with Gasteiger partial charge in [0.15, 0.2) is 0 Å². The first-order valence-corrected chi connectivity index (χ1v) is 7.78. The van der Waals surface area contributed by atoms with E-state index >= 15 is 0 Å². The van der Waals surface area contributed by atoms with Crippen molar-refractivity contribution in [3.05, 3.63) is 53.2 Å².